The highest BCUT2D eigenvalue weighted by Gasteiger charge is 2.33. The molecule has 0 radical (unpaired) electrons. The van der Waals surface area contributed by atoms with E-state index in [4.69, 9.17) is 4.74 Å². The van der Waals surface area contributed by atoms with Crippen molar-refractivity contribution in [1.29, 1.82) is 0 Å². The van der Waals surface area contributed by atoms with Crippen molar-refractivity contribution >= 4 is 29.2 Å². The van der Waals surface area contributed by atoms with Crippen molar-refractivity contribution in [1.82, 2.24) is 15.2 Å². The number of anilines is 2. The molecule has 9 heteroatoms. The maximum atomic E-state index is 13.4. The van der Waals surface area contributed by atoms with Gasteiger partial charge in [-0.3, -0.25) is 19.5 Å². The number of carbonyl (C=O) groups excluding carboxylic acids is 3. The van der Waals surface area contributed by atoms with E-state index in [-0.39, 0.29) is 25.0 Å². The second-order valence-electron chi connectivity index (χ2n) is 8.46. The van der Waals surface area contributed by atoms with E-state index in [1.165, 1.54) is 11.1 Å². The number of benzene rings is 1. The first-order valence-electron chi connectivity index (χ1n) is 11.8. The zero-order valence-corrected chi connectivity index (χ0v) is 19.7. The van der Waals surface area contributed by atoms with Crippen molar-refractivity contribution in [2.45, 2.75) is 26.3 Å². The van der Waals surface area contributed by atoms with Crippen molar-refractivity contribution in [3.05, 3.63) is 53.9 Å². The van der Waals surface area contributed by atoms with E-state index in [1.807, 2.05) is 12.1 Å². The Morgan fingerprint density at radius 3 is 2.71 bits per heavy atom. The molecule has 2 aliphatic rings. The average molecular weight is 466 g/mol. The van der Waals surface area contributed by atoms with Crippen LogP contribution in [0.15, 0.2) is 42.7 Å². The van der Waals surface area contributed by atoms with Crippen molar-refractivity contribution in [3.8, 4) is 0 Å². The molecule has 2 amide bonds. The van der Waals surface area contributed by atoms with Crippen LogP contribution in [0.5, 0.6) is 0 Å². The molecule has 9 nitrogen and oxygen atoms in total. The molecule has 1 fully saturated rings. The molecule has 180 valence electrons. The lowest BCUT2D eigenvalue weighted by Gasteiger charge is -2.34. The van der Waals surface area contributed by atoms with Crippen LogP contribution in [0.1, 0.15) is 29.8 Å². The summed E-state index contributed by atoms with van der Waals surface area (Å²) in [6.45, 7) is 7.48. The van der Waals surface area contributed by atoms with E-state index < -0.39 is 12.0 Å². The van der Waals surface area contributed by atoms with E-state index in [0.29, 0.717) is 24.2 Å². The van der Waals surface area contributed by atoms with Gasteiger partial charge in [-0.25, -0.2) is 4.79 Å². The van der Waals surface area contributed by atoms with Crippen LogP contribution in [0.25, 0.3) is 0 Å². The zero-order valence-electron chi connectivity index (χ0n) is 19.7. The third-order valence-corrected chi connectivity index (χ3v) is 6.28. The number of esters is 1. The van der Waals surface area contributed by atoms with Gasteiger partial charge < -0.3 is 19.9 Å². The van der Waals surface area contributed by atoms with Gasteiger partial charge in [-0.15, -0.1) is 0 Å². The molecular formula is C25H31N5O4. The first kappa shape index (κ1) is 23.7. The first-order chi connectivity index (χ1) is 16.5. The summed E-state index contributed by atoms with van der Waals surface area (Å²) in [6.07, 6.45) is 3.81. The minimum atomic E-state index is -0.844. The summed E-state index contributed by atoms with van der Waals surface area (Å²) in [5.74, 6) is -1.03. The maximum Gasteiger partial charge on any atom is 0.328 e. The topological polar surface area (TPSA) is 95.1 Å². The molecule has 1 aromatic heterocycles. The summed E-state index contributed by atoms with van der Waals surface area (Å²) in [7, 11) is 0. The third kappa shape index (κ3) is 5.04. The molecule has 2 aliphatic heterocycles. The molecule has 0 bridgehead atoms. The van der Waals surface area contributed by atoms with Gasteiger partial charge in [-0.05, 0) is 50.1 Å². The predicted molar refractivity (Wildman–Crippen MR) is 129 cm³/mol. The minimum Gasteiger partial charge on any atom is -0.464 e. The van der Waals surface area contributed by atoms with Crippen molar-refractivity contribution in [2.75, 3.05) is 55.7 Å². The van der Waals surface area contributed by atoms with Gasteiger partial charge in [0.15, 0.2) is 0 Å². The highest BCUT2D eigenvalue weighted by atomic mass is 16.5. The van der Waals surface area contributed by atoms with Crippen LogP contribution in [0.4, 0.5) is 11.4 Å². The molecule has 0 aliphatic carbocycles. The van der Waals surface area contributed by atoms with Crippen molar-refractivity contribution in [3.63, 3.8) is 0 Å². The highest BCUT2D eigenvalue weighted by molar-refractivity contribution is 6.04. The standard InChI is InChI=1S/C25H31N5O4/c1-3-34-25(33)18(2)30(21-5-4-9-27-16-21)23(31)17-29-12-8-19-6-7-20(15-22(19)24(29)32)28-13-10-26-11-14-28/h4-7,9,15-16,18,26H,3,8,10-14,17H2,1-2H3. The normalized spacial score (nSPS) is 16.6. The molecule has 1 unspecified atom stereocenters. The lowest BCUT2D eigenvalue weighted by molar-refractivity contribution is -0.145. The second-order valence-corrected chi connectivity index (χ2v) is 8.46. The maximum absolute atomic E-state index is 13.4. The van der Waals surface area contributed by atoms with Gasteiger partial charge in [0.25, 0.3) is 5.91 Å². The van der Waals surface area contributed by atoms with Crippen LogP contribution >= 0.6 is 0 Å². The number of rotatable bonds is 7. The molecule has 1 aromatic carbocycles. The number of nitrogens with zero attached hydrogens (tertiary/aromatic N) is 4. The number of aromatic nitrogens is 1. The Bertz CT molecular complexity index is 1040. The number of hydrogen-bond acceptors (Lipinski definition) is 7. The molecule has 2 aromatic rings. The van der Waals surface area contributed by atoms with E-state index in [0.717, 1.165) is 37.4 Å². The monoisotopic (exact) mass is 465 g/mol. The van der Waals surface area contributed by atoms with E-state index in [2.05, 4.69) is 21.3 Å². The number of piperazine rings is 1. The Hall–Kier alpha value is -3.46. The predicted octanol–water partition coefficient (Wildman–Crippen LogP) is 1.47. The average Bonchev–Trinajstić information content (AvgIpc) is 2.87. The molecule has 0 saturated carbocycles. The van der Waals surface area contributed by atoms with Gasteiger partial charge in [0.05, 0.1) is 18.5 Å². The Balaban J connectivity index is 1.54. The number of ether oxygens (including phenoxy) is 1. The van der Waals surface area contributed by atoms with Crippen LogP contribution < -0.4 is 15.1 Å². The SMILES string of the molecule is CCOC(=O)C(C)N(C(=O)CN1CCc2ccc(N3CCNCC3)cc2C1=O)c1cccnc1. The Kier molecular flexibility index (Phi) is 7.42. The van der Waals surface area contributed by atoms with Gasteiger partial charge >= 0.3 is 5.97 Å². The molecule has 0 spiro atoms. The summed E-state index contributed by atoms with van der Waals surface area (Å²) in [6, 6.07) is 8.61. The molecule has 3 heterocycles. The van der Waals surface area contributed by atoms with Crippen molar-refractivity contribution in [2.24, 2.45) is 0 Å². The van der Waals surface area contributed by atoms with Crippen LogP contribution in [-0.2, 0) is 20.7 Å². The van der Waals surface area contributed by atoms with Crippen LogP contribution in [0, 0.1) is 0 Å². The summed E-state index contributed by atoms with van der Waals surface area (Å²) >= 11 is 0. The quantitative estimate of drug-likeness (QED) is 0.619. The Morgan fingerprint density at radius 2 is 2.00 bits per heavy atom. The molecular weight excluding hydrogens is 434 g/mol. The van der Waals surface area contributed by atoms with Gasteiger partial charge in [0.2, 0.25) is 5.91 Å². The van der Waals surface area contributed by atoms with Gasteiger partial charge in [0, 0.05) is 50.2 Å². The highest BCUT2D eigenvalue weighted by Crippen LogP contribution is 2.26. The summed E-state index contributed by atoms with van der Waals surface area (Å²) in [4.78, 5) is 48.5. The van der Waals surface area contributed by atoms with Crippen molar-refractivity contribution < 1.29 is 19.1 Å². The molecule has 1 saturated heterocycles. The number of pyridine rings is 1. The lowest BCUT2D eigenvalue weighted by atomic mass is 9.97. The zero-order chi connectivity index (χ0) is 24.1. The number of nitrogens with one attached hydrogen (secondary N) is 1. The summed E-state index contributed by atoms with van der Waals surface area (Å²) in [5, 5.41) is 3.34. The van der Waals surface area contributed by atoms with Gasteiger partial charge in [0.1, 0.15) is 12.6 Å². The number of amides is 2. The minimum absolute atomic E-state index is 0.130. The number of carbonyl (C=O) groups is 3. The fourth-order valence-electron chi connectivity index (χ4n) is 4.47. The third-order valence-electron chi connectivity index (χ3n) is 6.28. The largest absolute Gasteiger partial charge is 0.464 e. The molecule has 1 atom stereocenters. The van der Waals surface area contributed by atoms with Crippen LogP contribution in [0.3, 0.4) is 0 Å². The summed E-state index contributed by atoms with van der Waals surface area (Å²) < 4.78 is 5.14. The second kappa shape index (κ2) is 10.6. The van der Waals surface area contributed by atoms with Gasteiger partial charge in [-0.1, -0.05) is 6.07 Å². The Labute approximate surface area is 199 Å². The molecule has 1 N–H and O–H groups in total. The fourth-order valence-corrected chi connectivity index (χ4v) is 4.47. The number of fused-ring (bicyclic) bond motifs is 1. The first-order valence-corrected chi connectivity index (χ1v) is 11.8. The lowest BCUT2D eigenvalue weighted by Crippen LogP contribution is -2.50. The molecule has 34 heavy (non-hydrogen) atoms. The van der Waals surface area contributed by atoms with Crippen LogP contribution in [-0.4, -0.2) is 79.6 Å². The fraction of sp³-hybridized carbons (Fsp3) is 0.440. The number of hydrogen-bond donors (Lipinski definition) is 1. The van der Waals surface area contributed by atoms with Gasteiger partial charge in [-0.2, -0.15) is 0 Å². The van der Waals surface area contributed by atoms with E-state index >= 15 is 0 Å². The molecule has 4 rings (SSSR count). The summed E-state index contributed by atoms with van der Waals surface area (Å²) in [5.41, 5.74) is 3.15. The van der Waals surface area contributed by atoms with E-state index in [9.17, 15) is 14.4 Å². The smallest absolute Gasteiger partial charge is 0.328 e. The van der Waals surface area contributed by atoms with E-state index in [1.54, 1.807) is 37.1 Å². The van der Waals surface area contributed by atoms with Crippen LogP contribution in [0.2, 0.25) is 0 Å². The Morgan fingerprint density at radius 1 is 1.21 bits per heavy atom.